The molecule has 0 N–H and O–H groups in total. The first kappa shape index (κ1) is 13.6. The standard InChI is InChI=1S/C8H11.C5H5.Hf/c1-2-5-8-6-3-4-7-8;1-2-4-5-3-1;/h3-4,6-7H,2,5H2,1H3;1-5H;/q2*-1;. The van der Waals surface area contributed by atoms with Crippen molar-refractivity contribution in [1.29, 1.82) is 0 Å². The van der Waals surface area contributed by atoms with Crippen LogP contribution >= 0.6 is 0 Å². The monoisotopic (exact) mass is 352 g/mol. The van der Waals surface area contributed by atoms with Crippen LogP contribution in [0.5, 0.6) is 0 Å². The molecule has 14 heavy (non-hydrogen) atoms. The molecule has 74 valence electrons. The number of hydrogen-bond donors (Lipinski definition) is 0. The summed E-state index contributed by atoms with van der Waals surface area (Å²) in [6.45, 7) is 2.20. The largest absolute Gasteiger partial charge is 0.214 e. The van der Waals surface area contributed by atoms with Gasteiger partial charge in [0.15, 0.2) is 0 Å². The van der Waals surface area contributed by atoms with Crippen LogP contribution in [0.15, 0.2) is 54.6 Å². The molecular weight excluding hydrogens is 335 g/mol. The fraction of sp³-hybridized carbons (Fsp3) is 0.231. The molecule has 2 aromatic rings. The molecule has 0 aliphatic rings. The fourth-order valence-electron chi connectivity index (χ4n) is 1.19. The molecule has 2 rings (SSSR count). The molecule has 0 heterocycles. The minimum atomic E-state index is 0. The van der Waals surface area contributed by atoms with E-state index in [0.29, 0.717) is 0 Å². The number of hydrogen-bond acceptors (Lipinski definition) is 0. The van der Waals surface area contributed by atoms with Crippen molar-refractivity contribution in [3.63, 3.8) is 0 Å². The Bertz CT molecular complexity index is 249. The van der Waals surface area contributed by atoms with Crippen molar-refractivity contribution >= 4 is 0 Å². The van der Waals surface area contributed by atoms with E-state index in [2.05, 4.69) is 31.2 Å². The van der Waals surface area contributed by atoms with E-state index >= 15 is 0 Å². The van der Waals surface area contributed by atoms with Crippen molar-refractivity contribution in [2.45, 2.75) is 19.8 Å². The Morgan fingerprint density at radius 1 is 1.00 bits per heavy atom. The minimum Gasteiger partial charge on any atom is -0.214 e. The molecule has 0 fully saturated rings. The Hall–Kier alpha value is -0.430. The Balaban J connectivity index is 0.000000246. The Morgan fingerprint density at radius 3 is 1.93 bits per heavy atom. The Labute approximate surface area is 105 Å². The van der Waals surface area contributed by atoms with Gasteiger partial charge in [-0.15, -0.1) is 0 Å². The molecule has 0 aromatic heterocycles. The van der Waals surface area contributed by atoms with Gasteiger partial charge in [-0.1, -0.05) is 19.8 Å². The zero-order chi connectivity index (χ0) is 9.36. The predicted molar refractivity (Wildman–Crippen MR) is 58.1 cm³/mol. The number of rotatable bonds is 2. The number of aryl methyl sites for hydroxylation is 1. The maximum absolute atomic E-state index is 2.20. The van der Waals surface area contributed by atoms with Gasteiger partial charge in [-0.25, -0.2) is 24.3 Å². The average Bonchev–Trinajstić information content (AvgIpc) is 2.79. The SMILES string of the molecule is CCC[c-]1cccc1.[Hf].c1cc[cH-]c1. The molecule has 0 nitrogen and oxygen atoms in total. The van der Waals surface area contributed by atoms with Crippen molar-refractivity contribution in [1.82, 2.24) is 0 Å². The van der Waals surface area contributed by atoms with Crippen LogP contribution in [0.4, 0.5) is 0 Å². The van der Waals surface area contributed by atoms with Gasteiger partial charge in [-0.05, 0) is 0 Å². The van der Waals surface area contributed by atoms with E-state index in [1.165, 1.54) is 18.4 Å². The van der Waals surface area contributed by atoms with E-state index in [4.69, 9.17) is 0 Å². The van der Waals surface area contributed by atoms with Crippen LogP contribution in [0.2, 0.25) is 0 Å². The van der Waals surface area contributed by atoms with Gasteiger partial charge < -0.3 is 0 Å². The molecule has 0 unspecified atom stereocenters. The van der Waals surface area contributed by atoms with Gasteiger partial charge >= 0.3 is 0 Å². The predicted octanol–water partition coefficient (Wildman–Crippen LogP) is 3.76. The smallest absolute Gasteiger partial charge is 0 e. The second kappa shape index (κ2) is 9.14. The van der Waals surface area contributed by atoms with E-state index in [-0.39, 0.29) is 25.8 Å². The minimum absolute atomic E-state index is 0. The molecule has 0 aliphatic carbocycles. The molecule has 0 saturated heterocycles. The molecule has 0 bridgehead atoms. The summed E-state index contributed by atoms with van der Waals surface area (Å²) in [6, 6.07) is 18.5. The van der Waals surface area contributed by atoms with E-state index in [1.54, 1.807) is 0 Å². The van der Waals surface area contributed by atoms with Crippen molar-refractivity contribution < 1.29 is 25.8 Å². The first-order chi connectivity index (χ1) is 6.43. The van der Waals surface area contributed by atoms with E-state index in [0.717, 1.165) is 0 Å². The molecule has 0 spiro atoms. The molecule has 0 aliphatic heterocycles. The fourth-order valence-corrected chi connectivity index (χ4v) is 1.19. The van der Waals surface area contributed by atoms with Gasteiger partial charge in [-0.3, -0.25) is 0 Å². The molecule has 0 radical (unpaired) electrons. The third kappa shape index (κ3) is 6.09. The van der Waals surface area contributed by atoms with Crippen LogP contribution < -0.4 is 0 Å². The molecule has 1 heteroatoms. The van der Waals surface area contributed by atoms with Gasteiger partial charge in [0, 0.05) is 25.8 Å². The van der Waals surface area contributed by atoms with Gasteiger partial charge in [-0.2, -0.15) is 35.9 Å². The zero-order valence-electron chi connectivity index (χ0n) is 8.61. The van der Waals surface area contributed by atoms with E-state index in [1.807, 2.05) is 30.3 Å². The van der Waals surface area contributed by atoms with Crippen LogP contribution in [0.3, 0.4) is 0 Å². The summed E-state index contributed by atoms with van der Waals surface area (Å²) in [4.78, 5) is 0. The topological polar surface area (TPSA) is 0 Å². The first-order valence-electron chi connectivity index (χ1n) is 4.80. The van der Waals surface area contributed by atoms with Crippen molar-refractivity contribution in [3.8, 4) is 0 Å². The third-order valence-electron chi connectivity index (χ3n) is 1.83. The maximum Gasteiger partial charge on any atom is 0 e. The average molecular weight is 351 g/mol. The van der Waals surface area contributed by atoms with Crippen LogP contribution in [-0.2, 0) is 32.3 Å². The van der Waals surface area contributed by atoms with Gasteiger partial charge in [0.05, 0.1) is 0 Å². The summed E-state index contributed by atoms with van der Waals surface area (Å²) in [6.07, 6.45) is 2.48. The molecule has 0 amide bonds. The normalized spacial score (nSPS) is 8.36. The Morgan fingerprint density at radius 2 is 1.57 bits per heavy atom. The van der Waals surface area contributed by atoms with Crippen molar-refractivity contribution in [2.24, 2.45) is 0 Å². The van der Waals surface area contributed by atoms with E-state index < -0.39 is 0 Å². The summed E-state index contributed by atoms with van der Waals surface area (Å²) in [7, 11) is 0. The zero-order valence-corrected chi connectivity index (χ0v) is 12.2. The van der Waals surface area contributed by atoms with Gasteiger partial charge in [0.2, 0.25) is 0 Å². The molecule has 0 saturated carbocycles. The Kier molecular flexibility index (Phi) is 8.86. The third-order valence-corrected chi connectivity index (χ3v) is 1.83. The van der Waals surface area contributed by atoms with Gasteiger partial charge in [0.25, 0.3) is 0 Å². The maximum atomic E-state index is 2.20. The summed E-state index contributed by atoms with van der Waals surface area (Å²) in [5.74, 6) is 0. The summed E-state index contributed by atoms with van der Waals surface area (Å²) in [5.41, 5.74) is 1.47. The van der Waals surface area contributed by atoms with Crippen LogP contribution in [-0.4, -0.2) is 0 Å². The summed E-state index contributed by atoms with van der Waals surface area (Å²) in [5, 5.41) is 0. The van der Waals surface area contributed by atoms with E-state index in [9.17, 15) is 0 Å². The first-order valence-corrected chi connectivity index (χ1v) is 4.80. The molecular formula is C13H16Hf-2. The van der Waals surface area contributed by atoms with Crippen LogP contribution in [0.1, 0.15) is 18.9 Å². The summed E-state index contributed by atoms with van der Waals surface area (Å²) < 4.78 is 0. The van der Waals surface area contributed by atoms with Crippen LogP contribution in [0, 0.1) is 0 Å². The van der Waals surface area contributed by atoms with Gasteiger partial charge in [0.1, 0.15) is 0 Å². The quantitative estimate of drug-likeness (QED) is 0.571. The van der Waals surface area contributed by atoms with Crippen LogP contribution in [0.25, 0.3) is 0 Å². The molecule has 2 aromatic carbocycles. The second-order valence-electron chi connectivity index (χ2n) is 3.01. The second-order valence-corrected chi connectivity index (χ2v) is 3.01. The van der Waals surface area contributed by atoms with Crippen molar-refractivity contribution in [3.05, 3.63) is 60.2 Å². The van der Waals surface area contributed by atoms with Crippen molar-refractivity contribution in [2.75, 3.05) is 0 Å². The molecule has 0 atom stereocenters. The summed E-state index contributed by atoms with van der Waals surface area (Å²) >= 11 is 0.